The zero-order valence-electron chi connectivity index (χ0n) is 18.0. The molecule has 0 aliphatic rings. The first-order chi connectivity index (χ1) is 14.3. The van der Waals surface area contributed by atoms with Crippen molar-refractivity contribution in [2.45, 2.75) is 26.4 Å². The Morgan fingerprint density at radius 2 is 1.93 bits per heavy atom. The number of nitrogens with one attached hydrogen (secondary N) is 1. The van der Waals surface area contributed by atoms with Gasteiger partial charge in [0.2, 0.25) is 5.91 Å². The number of methoxy groups -OCH3 is 1. The van der Waals surface area contributed by atoms with Gasteiger partial charge in [-0.25, -0.2) is 4.79 Å². The first-order valence-electron chi connectivity index (χ1n) is 9.80. The summed E-state index contributed by atoms with van der Waals surface area (Å²) in [6.45, 7) is 4.96. The van der Waals surface area contributed by atoms with E-state index in [0.717, 1.165) is 5.69 Å². The lowest BCUT2D eigenvalue weighted by atomic mass is 10.2. The van der Waals surface area contributed by atoms with Crippen LogP contribution >= 0.6 is 0 Å². The van der Waals surface area contributed by atoms with Gasteiger partial charge in [-0.1, -0.05) is 0 Å². The highest BCUT2D eigenvalue weighted by atomic mass is 16.5. The molecule has 0 aliphatic carbocycles. The van der Waals surface area contributed by atoms with Gasteiger partial charge in [-0.15, -0.1) is 0 Å². The van der Waals surface area contributed by atoms with Gasteiger partial charge < -0.3 is 24.4 Å². The second kappa shape index (κ2) is 11.0. The van der Waals surface area contributed by atoms with Gasteiger partial charge in [-0.05, 0) is 50.2 Å². The van der Waals surface area contributed by atoms with Crippen molar-refractivity contribution in [2.24, 2.45) is 7.05 Å². The molecule has 3 amide bonds. The molecule has 1 N–H and O–H groups in total. The molecule has 1 aromatic heterocycles. The molecule has 160 valence electrons. The van der Waals surface area contributed by atoms with Crippen molar-refractivity contribution in [1.82, 2.24) is 14.4 Å². The topological polar surface area (TPSA) is 90.6 Å². The zero-order chi connectivity index (χ0) is 22.1. The number of ether oxygens (including phenoxy) is 1. The van der Waals surface area contributed by atoms with Gasteiger partial charge >= 0.3 is 6.03 Å². The predicted molar refractivity (Wildman–Crippen MR) is 115 cm³/mol. The smallest absolute Gasteiger partial charge is 0.322 e. The number of benzene rings is 1. The van der Waals surface area contributed by atoms with E-state index in [1.807, 2.05) is 49.9 Å². The normalized spacial score (nSPS) is 10.5. The lowest BCUT2D eigenvalue weighted by molar-refractivity contribution is -0.133. The summed E-state index contributed by atoms with van der Waals surface area (Å²) in [4.78, 5) is 29.0. The SMILES string of the molecule is COCCN(Cc1cccn1C)C(=O)CN(C(=O)Nc1ccc(C#N)cc1)C(C)C. The van der Waals surface area contributed by atoms with Crippen LogP contribution in [0.2, 0.25) is 0 Å². The molecule has 0 atom stereocenters. The minimum absolute atomic E-state index is 0.0477. The maximum absolute atomic E-state index is 13.0. The summed E-state index contributed by atoms with van der Waals surface area (Å²) in [5.74, 6) is -0.156. The van der Waals surface area contributed by atoms with Gasteiger partial charge in [0.15, 0.2) is 0 Å². The molecule has 0 saturated heterocycles. The van der Waals surface area contributed by atoms with Crippen molar-refractivity contribution in [2.75, 3.05) is 32.1 Å². The Balaban J connectivity index is 2.09. The predicted octanol–water partition coefficient (Wildman–Crippen LogP) is 2.81. The van der Waals surface area contributed by atoms with E-state index in [-0.39, 0.29) is 24.5 Å². The average Bonchev–Trinajstić information content (AvgIpc) is 3.13. The molecule has 0 unspecified atom stereocenters. The molecule has 0 radical (unpaired) electrons. The number of hydrogen-bond acceptors (Lipinski definition) is 4. The summed E-state index contributed by atoms with van der Waals surface area (Å²) in [5, 5.41) is 11.7. The lowest BCUT2D eigenvalue weighted by Gasteiger charge is -2.30. The Morgan fingerprint density at radius 1 is 1.23 bits per heavy atom. The largest absolute Gasteiger partial charge is 0.383 e. The number of anilines is 1. The highest BCUT2D eigenvalue weighted by molar-refractivity contribution is 5.92. The molecule has 2 aromatic rings. The van der Waals surface area contributed by atoms with Crippen LogP contribution in [0.4, 0.5) is 10.5 Å². The quantitative estimate of drug-likeness (QED) is 0.687. The van der Waals surface area contributed by atoms with Crippen LogP contribution in [-0.2, 0) is 23.1 Å². The fraction of sp³-hybridized carbons (Fsp3) is 0.409. The van der Waals surface area contributed by atoms with Gasteiger partial charge in [-0.3, -0.25) is 4.79 Å². The van der Waals surface area contributed by atoms with E-state index >= 15 is 0 Å². The molecular formula is C22H29N5O3. The van der Waals surface area contributed by atoms with E-state index in [2.05, 4.69) is 5.32 Å². The molecule has 0 saturated carbocycles. The molecule has 0 fully saturated rings. The maximum Gasteiger partial charge on any atom is 0.322 e. The highest BCUT2D eigenvalue weighted by Gasteiger charge is 2.24. The van der Waals surface area contributed by atoms with Gasteiger partial charge in [-0.2, -0.15) is 5.26 Å². The monoisotopic (exact) mass is 411 g/mol. The van der Waals surface area contributed by atoms with E-state index < -0.39 is 0 Å². The number of amides is 3. The number of nitriles is 1. The zero-order valence-corrected chi connectivity index (χ0v) is 18.0. The molecule has 1 heterocycles. The van der Waals surface area contributed by atoms with Crippen molar-refractivity contribution < 1.29 is 14.3 Å². The lowest BCUT2D eigenvalue weighted by Crippen LogP contribution is -2.48. The van der Waals surface area contributed by atoms with Crippen molar-refractivity contribution in [3.05, 3.63) is 53.9 Å². The molecule has 30 heavy (non-hydrogen) atoms. The molecule has 2 rings (SSSR count). The molecule has 8 nitrogen and oxygen atoms in total. The van der Waals surface area contributed by atoms with Crippen molar-refractivity contribution in [1.29, 1.82) is 5.26 Å². The van der Waals surface area contributed by atoms with E-state index in [1.165, 1.54) is 4.90 Å². The third kappa shape index (κ3) is 6.36. The standard InChI is InChI=1S/C22H29N5O3/c1-17(2)27(22(29)24-19-9-7-18(14-23)8-10-19)16-21(28)26(12-13-30-4)15-20-6-5-11-25(20)3/h5-11,17H,12-13,15-16H2,1-4H3,(H,24,29). The third-order valence-corrected chi connectivity index (χ3v) is 4.78. The molecule has 1 aromatic carbocycles. The molecule has 0 aliphatic heterocycles. The van der Waals surface area contributed by atoms with E-state index in [4.69, 9.17) is 10.00 Å². The van der Waals surface area contributed by atoms with Crippen LogP contribution < -0.4 is 5.32 Å². The highest BCUT2D eigenvalue weighted by Crippen LogP contribution is 2.12. The van der Waals surface area contributed by atoms with Crippen LogP contribution in [0.25, 0.3) is 0 Å². The number of aryl methyl sites for hydroxylation is 1. The van der Waals surface area contributed by atoms with Crippen LogP contribution in [0.15, 0.2) is 42.6 Å². The number of aromatic nitrogens is 1. The van der Waals surface area contributed by atoms with Crippen LogP contribution in [0.3, 0.4) is 0 Å². The summed E-state index contributed by atoms with van der Waals surface area (Å²) >= 11 is 0. The number of rotatable bonds is 9. The van der Waals surface area contributed by atoms with Crippen LogP contribution in [0.1, 0.15) is 25.1 Å². The maximum atomic E-state index is 13.0. The van der Waals surface area contributed by atoms with E-state index in [9.17, 15) is 9.59 Å². The van der Waals surface area contributed by atoms with E-state index in [0.29, 0.717) is 30.9 Å². The van der Waals surface area contributed by atoms with E-state index in [1.54, 1.807) is 36.3 Å². The summed E-state index contributed by atoms with van der Waals surface area (Å²) in [6, 6.07) is 12.0. The Bertz CT molecular complexity index is 883. The Kier molecular flexibility index (Phi) is 8.44. The third-order valence-electron chi connectivity index (χ3n) is 4.78. The summed E-state index contributed by atoms with van der Waals surface area (Å²) < 4.78 is 7.12. The number of urea groups is 1. The van der Waals surface area contributed by atoms with Crippen molar-refractivity contribution in [3.63, 3.8) is 0 Å². The Morgan fingerprint density at radius 3 is 2.47 bits per heavy atom. The number of carbonyl (C=O) groups excluding carboxylic acids is 2. The minimum atomic E-state index is -0.367. The van der Waals surface area contributed by atoms with Gasteiger partial charge in [0.1, 0.15) is 6.54 Å². The van der Waals surface area contributed by atoms with Crippen LogP contribution in [-0.4, -0.2) is 59.2 Å². The summed E-state index contributed by atoms with van der Waals surface area (Å²) in [7, 11) is 3.52. The second-order valence-electron chi connectivity index (χ2n) is 7.26. The second-order valence-corrected chi connectivity index (χ2v) is 7.26. The first-order valence-corrected chi connectivity index (χ1v) is 9.80. The van der Waals surface area contributed by atoms with Crippen molar-refractivity contribution in [3.8, 4) is 6.07 Å². The first kappa shape index (κ1) is 23.0. The summed E-state index contributed by atoms with van der Waals surface area (Å²) in [6.07, 6.45) is 1.93. The van der Waals surface area contributed by atoms with Gasteiger partial charge in [0.25, 0.3) is 0 Å². The van der Waals surface area contributed by atoms with Crippen LogP contribution in [0.5, 0.6) is 0 Å². The average molecular weight is 412 g/mol. The Hall–Kier alpha value is -3.31. The molecule has 0 spiro atoms. The number of carbonyl (C=O) groups is 2. The Labute approximate surface area is 177 Å². The minimum Gasteiger partial charge on any atom is -0.383 e. The summed E-state index contributed by atoms with van der Waals surface area (Å²) in [5.41, 5.74) is 2.08. The fourth-order valence-electron chi connectivity index (χ4n) is 2.91. The van der Waals surface area contributed by atoms with Gasteiger partial charge in [0.05, 0.1) is 24.8 Å². The number of nitrogens with zero attached hydrogens (tertiary/aromatic N) is 4. The molecule has 8 heteroatoms. The molecule has 0 bridgehead atoms. The number of hydrogen-bond donors (Lipinski definition) is 1. The van der Waals surface area contributed by atoms with Crippen molar-refractivity contribution >= 4 is 17.6 Å². The van der Waals surface area contributed by atoms with Gasteiger partial charge in [0, 0.05) is 44.3 Å². The fourth-order valence-corrected chi connectivity index (χ4v) is 2.91. The van der Waals surface area contributed by atoms with Crippen LogP contribution in [0, 0.1) is 11.3 Å². The molecular weight excluding hydrogens is 382 g/mol.